The molecule has 3 fully saturated rings. The Balaban J connectivity index is 1.27. The Morgan fingerprint density at radius 2 is 1.89 bits per heavy atom. The summed E-state index contributed by atoms with van der Waals surface area (Å²) in [7, 11) is 0. The lowest BCUT2D eigenvalue weighted by Crippen LogP contribution is -2.45. The smallest absolute Gasteiger partial charge is 0.223 e. The number of halogens is 1. The number of piperidine rings is 1. The van der Waals surface area contributed by atoms with Crippen LogP contribution in [-0.2, 0) is 16.2 Å². The quantitative estimate of drug-likeness (QED) is 0.776. The van der Waals surface area contributed by atoms with E-state index < -0.39 is 0 Å². The van der Waals surface area contributed by atoms with Gasteiger partial charge < -0.3 is 4.90 Å². The van der Waals surface area contributed by atoms with E-state index in [1.807, 2.05) is 17.2 Å². The number of carbonyl (C=O) groups excluding carboxylic acids is 1. The molecule has 0 N–H and O–H groups in total. The number of hydrogen-bond acceptors (Lipinski definition) is 4. The minimum atomic E-state index is -0.182. The van der Waals surface area contributed by atoms with Gasteiger partial charge in [0.1, 0.15) is 5.82 Å². The molecule has 0 aromatic heterocycles. The average molecular weight is 390 g/mol. The van der Waals surface area contributed by atoms with Gasteiger partial charge in [-0.05, 0) is 56.3 Å². The molecule has 0 saturated carbocycles. The molecule has 0 radical (unpaired) electrons. The van der Waals surface area contributed by atoms with E-state index in [0.717, 1.165) is 70.7 Å². The van der Waals surface area contributed by atoms with Gasteiger partial charge >= 0.3 is 0 Å². The van der Waals surface area contributed by atoms with Gasteiger partial charge in [0, 0.05) is 51.1 Å². The number of benzene rings is 1. The zero-order valence-electron chi connectivity index (χ0n) is 16.7. The number of rotatable bonds is 5. The molecule has 3 saturated heterocycles. The Morgan fingerprint density at radius 1 is 1.04 bits per heavy atom. The fourth-order valence-electron chi connectivity index (χ4n) is 4.98. The summed E-state index contributed by atoms with van der Waals surface area (Å²) in [5.74, 6) is 0.0838. The van der Waals surface area contributed by atoms with Gasteiger partial charge in [-0.3, -0.25) is 14.5 Å². The summed E-state index contributed by atoms with van der Waals surface area (Å²) >= 11 is 0. The van der Waals surface area contributed by atoms with E-state index in [2.05, 4.69) is 9.80 Å². The number of hydroxylamine groups is 2. The summed E-state index contributed by atoms with van der Waals surface area (Å²) in [5, 5.41) is 1.96. The Kier molecular flexibility index (Phi) is 6.28. The molecule has 6 heteroatoms. The van der Waals surface area contributed by atoms with Gasteiger partial charge in [-0.1, -0.05) is 12.1 Å². The van der Waals surface area contributed by atoms with Crippen LogP contribution in [0.1, 0.15) is 44.1 Å². The summed E-state index contributed by atoms with van der Waals surface area (Å²) in [4.78, 5) is 22.9. The molecule has 0 unspecified atom stereocenters. The molecule has 4 rings (SSSR count). The first kappa shape index (κ1) is 19.8. The van der Waals surface area contributed by atoms with Crippen molar-refractivity contribution in [3.63, 3.8) is 0 Å². The lowest BCUT2D eigenvalue weighted by Gasteiger charge is -2.40. The minimum absolute atomic E-state index is 0.182. The molecule has 1 spiro atoms. The van der Waals surface area contributed by atoms with Crippen LogP contribution in [0.2, 0.25) is 0 Å². The molecular weight excluding hydrogens is 357 g/mol. The molecule has 1 amide bonds. The third kappa shape index (κ3) is 4.91. The Hall–Kier alpha value is -1.50. The molecule has 1 atom stereocenters. The second-order valence-corrected chi connectivity index (χ2v) is 8.73. The molecule has 1 aromatic rings. The molecule has 154 valence electrons. The van der Waals surface area contributed by atoms with Crippen molar-refractivity contribution < 1.29 is 14.0 Å². The van der Waals surface area contributed by atoms with Crippen LogP contribution in [0, 0.1) is 11.2 Å². The first-order chi connectivity index (χ1) is 13.6. The van der Waals surface area contributed by atoms with Crippen molar-refractivity contribution in [1.29, 1.82) is 0 Å². The minimum Gasteiger partial charge on any atom is -0.342 e. The molecule has 0 aliphatic carbocycles. The number of nitrogens with zero attached hydrogens (tertiary/aromatic N) is 3. The monoisotopic (exact) mass is 389 g/mol. The van der Waals surface area contributed by atoms with E-state index in [9.17, 15) is 9.18 Å². The predicted molar refractivity (Wildman–Crippen MR) is 106 cm³/mol. The topological polar surface area (TPSA) is 36.0 Å². The lowest BCUT2D eigenvalue weighted by molar-refractivity contribution is -0.182. The molecule has 28 heavy (non-hydrogen) atoms. The Morgan fingerprint density at radius 3 is 2.68 bits per heavy atom. The highest BCUT2D eigenvalue weighted by Gasteiger charge is 2.42. The zero-order valence-corrected chi connectivity index (χ0v) is 16.7. The summed E-state index contributed by atoms with van der Waals surface area (Å²) in [6.07, 6.45) is 6.30. The normalized spacial score (nSPS) is 26.8. The van der Waals surface area contributed by atoms with Gasteiger partial charge in [0.25, 0.3) is 0 Å². The van der Waals surface area contributed by atoms with Crippen molar-refractivity contribution in [2.24, 2.45) is 5.41 Å². The number of hydrogen-bond donors (Lipinski definition) is 0. The van der Waals surface area contributed by atoms with E-state index >= 15 is 0 Å². The molecule has 1 aromatic carbocycles. The standard InChI is InChI=1S/C22H32FN3O2/c23-20-6-4-19(5-7-20)16-24-11-3-9-22(17-24)10-14-25(18-22)21(27)8-13-26-12-1-2-15-28-26/h4-7H,1-3,8-18H2/t22-/m0/s1. The van der Waals surface area contributed by atoms with Crippen molar-refractivity contribution in [2.75, 3.05) is 45.9 Å². The van der Waals surface area contributed by atoms with Crippen molar-refractivity contribution in [3.05, 3.63) is 35.6 Å². The lowest BCUT2D eigenvalue weighted by atomic mass is 9.79. The van der Waals surface area contributed by atoms with E-state index in [-0.39, 0.29) is 17.1 Å². The zero-order chi connectivity index (χ0) is 19.4. The highest BCUT2D eigenvalue weighted by molar-refractivity contribution is 5.76. The van der Waals surface area contributed by atoms with Gasteiger partial charge in [-0.2, -0.15) is 5.06 Å². The van der Waals surface area contributed by atoms with E-state index in [0.29, 0.717) is 13.0 Å². The van der Waals surface area contributed by atoms with Gasteiger partial charge in [0.15, 0.2) is 0 Å². The number of carbonyl (C=O) groups is 1. The van der Waals surface area contributed by atoms with Gasteiger partial charge in [-0.25, -0.2) is 4.39 Å². The molecule has 3 aliphatic rings. The van der Waals surface area contributed by atoms with Crippen molar-refractivity contribution in [2.45, 2.75) is 45.1 Å². The van der Waals surface area contributed by atoms with Crippen LogP contribution >= 0.6 is 0 Å². The largest absolute Gasteiger partial charge is 0.342 e. The predicted octanol–water partition coefficient (Wildman–Crippen LogP) is 3.06. The maximum Gasteiger partial charge on any atom is 0.223 e. The molecule has 3 heterocycles. The van der Waals surface area contributed by atoms with Gasteiger partial charge in [0.05, 0.1) is 6.61 Å². The summed E-state index contributed by atoms with van der Waals surface area (Å²) < 4.78 is 13.1. The highest BCUT2D eigenvalue weighted by atomic mass is 19.1. The molecule has 0 bridgehead atoms. The second kappa shape index (κ2) is 8.89. The third-order valence-corrected chi connectivity index (χ3v) is 6.50. The van der Waals surface area contributed by atoms with Crippen LogP contribution in [0.3, 0.4) is 0 Å². The van der Waals surface area contributed by atoms with Gasteiger partial charge in [0.2, 0.25) is 5.91 Å². The molecule has 5 nitrogen and oxygen atoms in total. The second-order valence-electron chi connectivity index (χ2n) is 8.73. The highest BCUT2D eigenvalue weighted by Crippen LogP contribution is 2.39. The van der Waals surface area contributed by atoms with E-state index in [4.69, 9.17) is 4.84 Å². The Bertz CT molecular complexity index is 662. The first-order valence-corrected chi connectivity index (χ1v) is 10.7. The maximum absolute atomic E-state index is 13.1. The van der Waals surface area contributed by atoms with Crippen LogP contribution in [0.15, 0.2) is 24.3 Å². The van der Waals surface area contributed by atoms with Crippen LogP contribution in [-0.4, -0.2) is 66.6 Å². The first-order valence-electron chi connectivity index (χ1n) is 10.7. The SMILES string of the molecule is O=C(CCN1CCCCO1)N1CC[C@]2(CCCN(Cc3ccc(F)cc3)C2)C1. The van der Waals surface area contributed by atoms with Crippen molar-refractivity contribution >= 4 is 5.91 Å². The van der Waals surface area contributed by atoms with Crippen LogP contribution in [0.25, 0.3) is 0 Å². The number of amides is 1. The Labute approximate surface area is 167 Å². The van der Waals surface area contributed by atoms with Crippen LogP contribution in [0.4, 0.5) is 4.39 Å². The van der Waals surface area contributed by atoms with E-state index in [1.165, 1.54) is 25.0 Å². The van der Waals surface area contributed by atoms with Crippen LogP contribution < -0.4 is 0 Å². The third-order valence-electron chi connectivity index (χ3n) is 6.50. The summed E-state index contributed by atoms with van der Waals surface area (Å²) in [5.41, 5.74) is 1.39. The van der Waals surface area contributed by atoms with Gasteiger partial charge in [-0.15, -0.1) is 0 Å². The fraction of sp³-hybridized carbons (Fsp3) is 0.682. The summed E-state index contributed by atoms with van der Waals surface area (Å²) in [6.45, 7) is 7.17. The van der Waals surface area contributed by atoms with Crippen LogP contribution in [0.5, 0.6) is 0 Å². The van der Waals surface area contributed by atoms with Crippen molar-refractivity contribution in [3.8, 4) is 0 Å². The molecular formula is C22H32FN3O2. The fourth-order valence-corrected chi connectivity index (χ4v) is 4.98. The van der Waals surface area contributed by atoms with E-state index in [1.54, 1.807) is 0 Å². The molecule has 3 aliphatic heterocycles. The average Bonchev–Trinajstić information content (AvgIpc) is 3.12. The maximum atomic E-state index is 13.1. The summed E-state index contributed by atoms with van der Waals surface area (Å²) in [6, 6.07) is 6.83. The number of likely N-dealkylation sites (tertiary alicyclic amines) is 2. The van der Waals surface area contributed by atoms with Crippen molar-refractivity contribution in [1.82, 2.24) is 14.9 Å².